The highest BCUT2D eigenvalue weighted by atomic mass is 19.4. The van der Waals surface area contributed by atoms with Gasteiger partial charge >= 0.3 is 18.2 Å². The average molecular weight is 418 g/mol. The molecular weight excluding hydrogens is 406 g/mol. The summed E-state index contributed by atoms with van der Waals surface area (Å²) in [6.45, 7) is -0.152. The quantitative estimate of drug-likeness (QED) is 0.654. The third-order valence-corrected chi connectivity index (χ3v) is 3.96. The summed E-state index contributed by atoms with van der Waals surface area (Å²) < 4.78 is 81.2. The van der Waals surface area contributed by atoms with Crippen molar-refractivity contribution in [2.45, 2.75) is 24.9 Å². The van der Waals surface area contributed by atoms with Gasteiger partial charge in [0.15, 0.2) is 0 Å². The van der Waals surface area contributed by atoms with Gasteiger partial charge in [0.25, 0.3) is 5.56 Å². The Balaban J connectivity index is 1.81. The van der Waals surface area contributed by atoms with Crippen molar-refractivity contribution in [3.8, 4) is 11.4 Å². The van der Waals surface area contributed by atoms with Crippen LogP contribution in [0.4, 0.5) is 26.3 Å². The van der Waals surface area contributed by atoms with E-state index in [0.29, 0.717) is 0 Å². The molecule has 0 bridgehead atoms. The van der Waals surface area contributed by atoms with E-state index >= 15 is 0 Å². The molecular formula is C17H12F6N4O2. The average Bonchev–Trinajstić information content (AvgIpc) is 3.13. The number of rotatable bonds is 4. The van der Waals surface area contributed by atoms with Gasteiger partial charge in [-0.15, -0.1) is 0 Å². The smallest absolute Gasteiger partial charge is 0.329 e. The van der Waals surface area contributed by atoms with Gasteiger partial charge in [-0.05, 0) is 23.8 Å². The van der Waals surface area contributed by atoms with E-state index in [9.17, 15) is 31.1 Å². The Kier molecular flexibility index (Phi) is 5.22. The van der Waals surface area contributed by atoms with Gasteiger partial charge in [0, 0.05) is 30.4 Å². The van der Waals surface area contributed by atoms with Crippen LogP contribution >= 0.6 is 0 Å². The van der Waals surface area contributed by atoms with Gasteiger partial charge < -0.3 is 14.8 Å². The minimum absolute atomic E-state index is 0.0156. The molecule has 0 fully saturated rings. The summed E-state index contributed by atoms with van der Waals surface area (Å²) in [6.07, 6.45) is -8.12. The van der Waals surface area contributed by atoms with Crippen LogP contribution in [0.15, 0.2) is 51.9 Å². The molecule has 0 amide bonds. The van der Waals surface area contributed by atoms with Crippen molar-refractivity contribution in [2.24, 2.45) is 5.73 Å². The molecule has 0 aliphatic carbocycles. The lowest BCUT2D eigenvalue weighted by Gasteiger charge is -2.16. The molecule has 1 atom stereocenters. The number of pyridine rings is 1. The summed E-state index contributed by atoms with van der Waals surface area (Å²) in [5.41, 5.74) is 4.55. The summed E-state index contributed by atoms with van der Waals surface area (Å²) in [7, 11) is 0. The third-order valence-electron chi connectivity index (χ3n) is 3.96. The van der Waals surface area contributed by atoms with Crippen molar-refractivity contribution in [2.75, 3.05) is 0 Å². The SMILES string of the molecule is NC(Cn1ccc(-c2noc(C(F)(F)F)n2)cc1=O)c1cccc(C(F)(F)F)c1. The van der Waals surface area contributed by atoms with E-state index in [-0.39, 0.29) is 17.7 Å². The van der Waals surface area contributed by atoms with Crippen molar-refractivity contribution in [1.29, 1.82) is 0 Å². The highest BCUT2D eigenvalue weighted by molar-refractivity contribution is 5.52. The number of nitrogens with zero attached hydrogens (tertiary/aromatic N) is 3. The van der Waals surface area contributed by atoms with E-state index in [4.69, 9.17) is 5.73 Å². The van der Waals surface area contributed by atoms with Crippen LogP contribution < -0.4 is 11.3 Å². The lowest BCUT2D eigenvalue weighted by molar-refractivity contribution is -0.159. The summed E-state index contributed by atoms with van der Waals surface area (Å²) in [5, 5.41) is 3.18. The highest BCUT2D eigenvalue weighted by Crippen LogP contribution is 2.31. The van der Waals surface area contributed by atoms with Crippen LogP contribution in [-0.4, -0.2) is 14.7 Å². The zero-order valence-corrected chi connectivity index (χ0v) is 14.3. The fourth-order valence-corrected chi connectivity index (χ4v) is 2.52. The molecule has 1 aromatic carbocycles. The molecule has 12 heteroatoms. The first kappa shape index (κ1) is 20.6. The standard InChI is InChI=1S/C17H12F6N4O2/c18-16(19,20)11-3-1-2-9(6-11)12(24)8-27-5-4-10(7-13(27)28)14-25-15(29-26-14)17(21,22)23/h1-7,12H,8,24H2. The van der Waals surface area contributed by atoms with Crippen LogP contribution in [0.5, 0.6) is 0 Å². The molecule has 0 spiro atoms. The largest absolute Gasteiger partial charge is 0.471 e. The molecule has 3 rings (SSSR count). The Morgan fingerprint density at radius 3 is 2.38 bits per heavy atom. The van der Waals surface area contributed by atoms with E-state index in [1.807, 2.05) is 0 Å². The van der Waals surface area contributed by atoms with Gasteiger partial charge in [0.1, 0.15) is 0 Å². The second-order valence-electron chi connectivity index (χ2n) is 6.06. The molecule has 2 aromatic heterocycles. The van der Waals surface area contributed by atoms with Gasteiger partial charge in [-0.3, -0.25) is 4.79 Å². The second kappa shape index (κ2) is 7.35. The maximum absolute atomic E-state index is 12.8. The predicted octanol–water partition coefficient (Wildman–Crippen LogP) is 3.64. The Morgan fingerprint density at radius 2 is 1.79 bits per heavy atom. The Morgan fingerprint density at radius 1 is 1.07 bits per heavy atom. The predicted molar refractivity (Wildman–Crippen MR) is 87.4 cm³/mol. The molecule has 0 saturated heterocycles. The normalized spacial score (nSPS) is 13.5. The van der Waals surface area contributed by atoms with Crippen LogP contribution in [0.25, 0.3) is 11.4 Å². The first-order valence-corrected chi connectivity index (χ1v) is 7.99. The number of nitrogens with two attached hydrogens (primary N) is 1. The molecule has 6 nitrogen and oxygen atoms in total. The summed E-state index contributed by atoms with van der Waals surface area (Å²) in [6, 6.07) is 5.72. The molecule has 2 N–H and O–H groups in total. The number of aromatic nitrogens is 3. The van der Waals surface area contributed by atoms with Crippen molar-refractivity contribution < 1.29 is 30.9 Å². The zero-order chi connectivity index (χ0) is 21.4. The fourth-order valence-electron chi connectivity index (χ4n) is 2.52. The van der Waals surface area contributed by atoms with E-state index in [0.717, 1.165) is 22.8 Å². The number of hydrogen-bond donors (Lipinski definition) is 1. The molecule has 1 unspecified atom stereocenters. The summed E-state index contributed by atoms with van der Waals surface area (Å²) in [4.78, 5) is 15.4. The molecule has 3 aromatic rings. The Hall–Kier alpha value is -3.15. The minimum atomic E-state index is -4.82. The summed E-state index contributed by atoms with van der Waals surface area (Å²) >= 11 is 0. The molecule has 0 aliphatic rings. The van der Waals surface area contributed by atoms with Gasteiger partial charge in [-0.2, -0.15) is 31.3 Å². The Labute approximate surface area is 158 Å². The fraction of sp³-hybridized carbons (Fsp3) is 0.235. The molecule has 0 aliphatic heterocycles. The van der Waals surface area contributed by atoms with E-state index in [2.05, 4.69) is 14.7 Å². The lowest BCUT2D eigenvalue weighted by Crippen LogP contribution is -2.26. The van der Waals surface area contributed by atoms with Crippen LogP contribution in [0.3, 0.4) is 0 Å². The monoisotopic (exact) mass is 418 g/mol. The number of benzene rings is 1. The zero-order valence-electron chi connectivity index (χ0n) is 14.3. The number of alkyl halides is 6. The van der Waals surface area contributed by atoms with Gasteiger partial charge in [-0.1, -0.05) is 17.3 Å². The maximum Gasteiger partial charge on any atom is 0.471 e. The van der Waals surface area contributed by atoms with E-state index < -0.39 is 41.2 Å². The summed E-state index contributed by atoms with van der Waals surface area (Å²) in [5.74, 6) is -1.98. The topological polar surface area (TPSA) is 86.9 Å². The first-order valence-electron chi connectivity index (χ1n) is 7.99. The number of hydrogen-bond acceptors (Lipinski definition) is 5. The highest BCUT2D eigenvalue weighted by Gasteiger charge is 2.38. The minimum Gasteiger partial charge on any atom is -0.329 e. The third kappa shape index (κ3) is 4.65. The molecule has 154 valence electrons. The van der Waals surface area contributed by atoms with Crippen molar-refractivity contribution >= 4 is 0 Å². The molecule has 0 saturated carbocycles. The van der Waals surface area contributed by atoms with E-state index in [1.165, 1.54) is 24.4 Å². The van der Waals surface area contributed by atoms with Crippen LogP contribution in [-0.2, 0) is 18.9 Å². The van der Waals surface area contributed by atoms with E-state index in [1.54, 1.807) is 0 Å². The van der Waals surface area contributed by atoms with Crippen LogP contribution in [0.2, 0.25) is 0 Å². The van der Waals surface area contributed by atoms with Crippen molar-refractivity contribution in [1.82, 2.24) is 14.7 Å². The maximum atomic E-state index is 12.8. The Bertz CT molecular complexity index is 1070. The lowest BCUT2D eigenvalue weighted by atomic mass is 10.0. The van der Waals surface area contributed by atoms with Crippen molar-refractivity contribution in [3.05, 3.63) is 70.0 Å². The molecule has 2 heterocycles. The van der Waals surface area contributed by atoms with Crippen molar-refractivity contribution in [3.63, 3.8) is 0 Å². The van der Waals surface area contributed by atoms with Gasteiger partial charge in [0.05, 0.1) is 5.56 Å². The van der Waals surface area contributed by atoms with Crippen LogP contribution in [0.1, 0.15) is 23.1 Å². The van der Waals surface area contributed by atoms with Crippen LogP contribution in [0, 0.1) is 0 Å². The van der Waals surface area contributed by atoms with Gasteiger partial charge in [-0.25, -0.2) is 0 Å². The number of halogens is 6. The van der Waals surface area contributed by atoms with Gasteiger partial charge in [0.2, 0.25) is 5.82 Å². The second-order valence-corrected chi connectivity index (χ2v) is 6.06. The molecule has 0 radical (unpaired) electrons. The molecule has 29 heavy (non-hydrogen) atoms. The first-order chi connectivity index (χ1) is 13.4.